The van der Waals surface area contributed by atoms with Gasteiger partial charge in [0, 0.05) is 18.0 Å². The molecule has 16 nitrogen and oxygen atoms in total. The maximum atomic E-state index is 13.0. The van der Waals surface area contributed by atoms with E-state index in [1.807, 2.05) is 38.1 Å². The van der Waals surface area contributed by atoms with Gasteiger partial charge >= 0.3 is 6.09 Å². The normalized spacial score (nSPS) is 14.1. The summed E-state index contributed by atoms with van der Waals surface area (Å²) in [4.78, 5) is 62.9. The summed E-state index contributed by atoms with van der Waals surface area (Å²) in [5.74, 6) is -2.06. The molecular formula is C38H57Br2N3O13. The summed E-state index contributed by atoms with van der Waals surface area (Å²) in [6, 6.07) is 6.78. The Balaban J connectivity index is 1.34. The van der Waals surface area contributed by atoms with E-state index < -0.39 is 18.1 Å². The van der Waals surface area contributed by atoms with Gasteiger partial charge in [-0.15, -0.1) is 0 Å². The van der Waals surface area contributed by atoms with Crippen LogP contribution in [0, 0.1) is 11.8 Å². The first kappa shape index (κ1) is 49.3. The lowest BCUT2D eigenvalue weighted by Crippen LogP contribution is -2.45. The van der Waals surface area contributed by atoms with Crippen LogP contribution in [0.15, 0.2) is 33.2 Å². The number of nitrogens with one attached hydrogen (secondary N) is 2. The van der Waals surface area contributed by atoms with Gasteiger partial charge in [0.1, 0.15) is 15.6 Å². The molecule has 1 aromatic carbocycles. The first-order chi connectivity index (χ1) is 27.0. The number of carbonyl (C=O) groups is 5. The van der Waals surface area contributed by atoms with Crippen LogP contribution in [-0.4, -0.2) is 146 Å². The van der Waals surface area contributed by atoms with Gasteiger partial charge in [-0.05, 0) is 61.9 Å². The van der Waals surface area contributed by atoms with Crippen LogP contribution in [0.3, 0.4) is 0 Å². The minimum atomic E-state index is -0.790. The van der Waals surface area contributed by atoms with Crippen LogP contribution in [0.25, 0.3) is 0 Å². The fourth-order valence-corrected chi connectivity index (χ4v) is 5.66. The van der Waals surface area contributed by atoms with Crippen molar-refractivity contribution in [1.29, 1.82) is 0 Å². The second-order valence-electron chi connectivity index (χ2n) is 12.8. The average molecular weight is 924 g/mol. The van der Waals surface area contributed by atoms with Gasteiger partial charge in [-0.3, -0.25) is 24.1 Å². The van der Waals surface area contributed by atoms with Crippen molar-refractivity contribution in [3.8, 4) is 0 Å². The zero-order valence-corrected chi connectivity index (χ0v) is 36.0. The largest absolute Gasteiger partial charge is 0.447 e. The molecule has 0 spiro atoms. The Morgan fingerprint density at radius 3 is 1.46 bits per heavy atom. The SMILES string of the molecule is CCc1ccc(NC(=O)[C@H](C)CC(=O)[C@@H](NC(=O)OCCOCCOCCOCCOCCOCCOCCOCCN2C(=O)C(Br)=C(Br)C2=O)C(C)C)cc1. The molecule has 316 valence electrons. The number of aryl methyl sites for hydroxylation is 1. The third kappa shape index (κ3) is 20.1. The number of ketones is 1. The molecule has 0 saturated carbocycles. The highest BCUT2D eigenvalue weighted by Crippen LogP contribution is 2.29. The van der Waals surface area contributed by atoms with Crippen molar-refractivity contribution in [3.05, 3.63) is 38.8 Å². The van der Waals surface area contributed by atoms with E-state index in [0.717, 1.165) is 16.9 Å². The van der Waals surface area contributed by atoms with Crippen LogP contribution in [0.2, 0.25) is 0 Å². The molecule has 0 fully saturated rings. The van der Waals surface area contributed by atoms with Gasteiger partial charge < -0.3 is 48.5 Å². The number of ether oxygens (including phenoxy) is 8. The Morgan fingerprint density at radius 1 is 0.643 bits per heavy atom. The van der Waals surface area contributed by atoms with Crippen LogP contribution >= 0.6 is 31.9 Å². The summed E-state index contributed by atoms with van der Waals surface area (Å²) in [5, 5.41) is 5.46. The van der Waals surface area contributed by atoms with Crippen LogP contribution in [0.4, 0.5) is 10.5 Å². The molecule has 1 aliphatic rings. The van der Waals surface area contributed by atoms with Gasteiger partial charge in [0.2, 0.25) is 5.91 Å². The molecule has 0 aliphatic carbocycles. The first-order valence-corrected chi connectivity index (χ1v) is 20.4. The van der Waals surface area contributed by atoms with E-state index in [-0.39, 0.29) is 71.2 Å². The summed E-state index contributed by atoms with van der Waals surface area (Å²) in [7, 11) is 0. The number of amides is 4. The number of imide groups is 1. The quantitative estimate of drug-likeness (QED) is 0.0781. The van der Waals surface area contributed by atoms with E-state index in [9.17, 15) is 24.0 Å². The number of carbonyl (C=O) groups excluding carboxylic acids is 5. The lowest BCUT2D eigenvalue weighted by atomic mass is 9.93. The van der Waals surface area contributed by atoms with Gasteiger partial charge in [-0.2, -0.15) is 0 Å². The fraction of sp³-hybridized carbons (Fsp3) is 0.658. The van der Waals surface area contributed by atoms with Crippen LogP contribution in [0.1, 0.15) is 39.7 Å². The Labute approximate surface area is 346 Å². The van der Waals surface area contributed by atoms with E-state index >= 15 is 0 Å². The number of hydrogen-bond acceptors (Lipinski definition) is 13. The van der Waals surface area contributed by atoms with Crippen molar-refractivity contribution < 1.29 is 61.9 Å². The third-order valence-corrected chi connectivity index (χ3v) is 10.1. The molecule has 0 saturated heterocycles. The van der Waals surface area contributed by atoms with Gasteiger partial charge in [0.05, 0.1) is 105 Å². The summed E-state index contributed by atoms with van der Waals surface area (Å²) in [6.45, 7) is 12.6. The molecule has 0 unspecified atom stereocenters. The highest BCUT2D eigenvalue weighted by atomic mass is 79.9. The van der Waals surface area contributed by atoms with Gasteiger partial charge in [-0.25, -0.2) is 4.79 Å². The van der Waals surface area contributed by atoms with Crippen molar-refractivity contribution in [2.24, 2.45) is 11.8 Å². The summed E-state index contributed by atoms with van der Waals surface area (Å²) in [6.07, 6.45) is 0.154. The Hall–Kier alpha value is -2.81. The second-order valence-corrected chi connectivity index (χ2v) is 14.4. The van der Waals surface area contributed by atoms with Crippen molar-refractivity contribution in [3.63, 3.8) is 0 Å². The molecule has 1 heterocycles. The van der Waals surface area contributed by atoms with Gasteiger partial charge in [0.15, 0.2) is 5.78 Å². The molecule has 0 bridgehead atoms. The van der Waals surface area contributed by atoms with E-state index in [2.05, 4.69) is 49.4 Å². The van der Waals surface area contributed by atoms with E-state index in [4.69, 9.17) is 37.9 Å². The second kappa shape index (κ2) is 29.4. The number of rotatable bonds is 32. The average Bonchev–Trinajstić information content (AvgIpc) is 3.36. The molecule has 0 aromatic heterocycles. The van der Waals surface area contributed by atoms with Crippen LogP contribution < -0.4 is 10.6 Å². The molecular weight excluding hydrogens is 866 g/mol. The van der Waals surface area contributed by atoms with Crippen LogP contribution in [0.5, 0.6) is 0 Å². The number of hydrogen-bond donors (Lipinski definition) is 2. The monoisotopic (exact) mass is 921 g/mol. The first-order valence-electron chi connectivity index (χ1n) is 18.8. The standard InChI is InChI=1S/C38H57Br2N3O13/c1-5-29-6-8-30(9-7-29)41-35(45)28(4)26-31(44)34(27(2)3)42-38(48)56-25-24-55-23-22-54-21-20-53-19-18-52-17-16-51-15-14-50-13-12-49-11-10-43-36(46)32(39)33(40)37(43)47/h6-9,27-28,34H,5,10-26H2,1-4H3,(H,41,45)(H,42,48)/t28-,34+/m1/s1. The van der Waals surface area contributed by atoms with Crippen molar-refractivity contribution in [1.82, 2.24) is 10.2 Å². The number of anilines is 1. The molecule has 2 N–H and O–H groups in total. The van der Waals surface area contributed by atoms with Crippen molar-refractivity contribution in [2.75, 3.05) is 111 Å². The maximum absolute atomic E-state index is 13.0. The van der Waals surface area contributed by atoms with E-state index in [1.165, 1.54) is 0 Å². The van der Waals surface area contributed by atoms with E-state index in [0.29, 0.717) is 85.0 Å². The predicted molar refractivity (Wildman–Crippen MR) is 214 cm³/mol. The summed E-state index contributed by atoms with van der Waals surface area (Å²) in [5.41, 5.74) is 1.83. The number of alkyl carbamates (subject to hydrolysis) is 1. The number of benzene rings is 1. The number of nitrogens with zero attached hydrogens (tertiary/aromatic N) is 1. The van der Waals surface area contributed by atoms with Crippen molar-refractivity contribution >= 4 is 67.1 Å². The molecule has 56 heavy (non-hydrogen) atoms. The maximum Gasteiger partial charge on any atom is 0.407 e. The highest BCUT2D eigenvalue weighted by molar-refractivity contribution is 9.14. The lowest BCUT2D eigenvalue weighted by Gasteiger charge is -2.22. The Kier molecular flexibility index (Phi) is 25.9. The topological polar surface area (TPSA) is 186 Å². The van der Waals surface area contributed by atoms with Gasteiger partial charge in [-0.1, -0.05) is 39.8 Å². The molecule has 2 atom stereocenters. The van der Waals surface area contributed by atoms with E-state index in [1.54, 1.807) is 6.92 Å². The number of halogens is 2. The smallest absolute Gasteiger partial charge is 0.407 e. The fourth-order valence-electron chi connectivity index (χ4n) is 4.89. The summed E-state index contributed by atoms with van der Waals surface area (Å²) >= 11 is 6.16. The number of Topliss-reactive ketones (excluding diaryl/α,β-unsaturated/α-hetero) is 1. The lowest BCUT2D eigenvalue weighted by molar-refractivity contribution is -0.138. The molecule has 4 amide bonds. The Bertz CT molecular complexity index is 1360. The highest BCUT2D eigenvalue weighted by Gasteiger charge is 2.35. The van der Waals surface area contributed by atoms with Crippen molar-refractivity contribution in [2.45, 2.75) is 46.6 Å². The minimum Gasteiger partial charge on any atom is -0.447 e. The molecule has 18 heteroatoms. The zero-order valence-electron chi connectivity index (χ0n) is 32.8. The molecule has 2 rings (SSSR count). The summed E-state index contributed by atoms with van der Waals surface area (Å²) < 4.78 is 43.7. The molecule has 0 radical (unpaired) electrons. The van der Waals surface area contributed by atoms with Crippen LogP contribution in [-0.2, 0) is 63.5 Å². The molecule has 1 aromatic rings. The Morgan fingerprint density at radius 2 is 1.05 bits per heavy atom. The predicted octanol–water partition coefficient (Wildman–Crippen LogP) is 4.02. The van der Waals surface area contributed by atoms with Gasteiger partial charge in [0.25, 0.3) is 11.8 Å². The zero-order chi connectivity index (χ0) is 41.1. The minimum absolute atomic E-state index is 0.00403. The third-order valence-electron chi connectivity index (χ3n) is 8.08. The molecule has 1 aliphatic heterocycles.